The van der Waals surface area contributed by atoms with Crippen molar-refractivity contribution in [1.82, 2.24) is 0 Å². The number of benzene rings is 1. The second-order valence-corrected chi connectivity index (χ2v) is 3.59. The standard InChI is InChI=1S/C13H11NO5/c1-9-10(5-3-4-6-15)7-11(14(17)18)8-12(9)13(16)19-2/h6-8H,4H2,1-2H3. The lowest BCUT2D eigenvalue weighted by atomic mass is 10.0. The molecule has 0 N–H and O–H groups in total. The Balaban J connectivity index is 3.42. The minimum absolute atomic E-state index is 0.0235. The quantitative estimate of drug-likeness (QED) is 0.271. The summed E-state index contributed by atoms with van der Waals surface area (Å²) in [5.74, 6) is 4.52. The summed E-state index contributed by atoms with van der Waals surface area (Å²) in [5, 5.41) is 10.8. The normalized spacial score (nSPS) is 9.16. The molecule has 1 rings (SSSR count). The molecule has 0 unspecified atom stereocenters. The van der Waals surface area contributed by atoms with Crippen molar-refractivity contribution in [2.45, 2.75) is 13.3 Å². The Morgan fingerprint density at radius 3 is 2.74 bits per heavy atom. The molecule has 0 aliphatic rings. The molecule has 6 nitrogen and oxygen atoms in total. The van der Waals surface area contributed by atoms with Crippen LogP contribution in [0.3, 0.4) is 0 Å². The minimum atomic E-state index is -0.667. The van der Waals surface area contributed by atoms with E-state index < -0.39 is 10.9 Å². The maximum absolute atomic E-state index is 11.5. The van der Waals surface area contributed by atoms with Crippen LogP contribution in [-0.4, -0.2) is 24.3 Å². The fourth-order valence-corrected chi connectivity index (χ4v) is 1.44. The van der Waals surface area contributed by atoms with Crippen molar-refractivity contribution in [3.8, 4) is 11.8 Å². The third-order valence-electron chi connectivity index (χ3n) is 2.42. The maximum Gasteiger partial charge on any atom is 0.338 e. The molecule has 0 aliphatic heterocycles. The van der Waals surface area contributed by atoms with Gasteiger partial charge in [0.2, 0.25) is 0 Å². The van der Waals surface area contributed by atoms with E-state index in [0.717, 1.165) is 6.07 Å². The number of hydrogen-bond donors (Lipinski definition) is 0. The number of hydrogen-bond acceptors (Lipinski definition) is 5. The minimum Gasteiger partial charge on any atom is -0.465 e. The first-order valence-corrected chi connectivity index (χ1v) is 5.31. The summed E-state index contributed by atoms with van der Waals surface area (Å²) in [6, 6.07) is 2.41. The highest BCUT2D eigenvalue weighted by Gasteiger charge is 2.18. The van der Waals surface area contributed by atoms with Crippen LogP contribution in [0.15, 0.2) is 12.1 Å². The number of ether oxygens (including phenoxy) is 1. The number of nitrogens with zero attached hydrogens (tertiary/aromatic N) is 1. The number of aldehydes is 1. The fourth-order valence-electron chi connectivity index (χ4n) is 1.44. The molecule has 0 aromatic heterocycles. The van der Waals surface area contributed by atoms with E-state index in [1.165, 1.54) is 13.2 Å². The largest absolute Gasteiger partial charge is 0.465 e. The molecule has 19 heavy (non-hydrogen) atoms. The predicted octanol–water partition coefficient (Wildman–Crippen LogP) is 1.63. The summed E-state index contributed by atoms with van der Waals surface area (Å²) in [6.07, 6.45) is 0.649. The number of carbonyl (C=O) groups is 2. The third-order valence-corrected chi connectivity index (χ3v) is 2.42. The molecule has 98 valence electrons. The summed E-state index contributed by atoms with van der Waals surface area (Å²) in [4.78, 5) is 31.9. The zero-order valence-electron chi connectivity index (χ0n) is 10.4. The van der Waals surface area contributed by atoms with Gasteiger partial charge < -0.3 is 9.53 Å². The van der Waals surface area contributed by atoms with Crippen molar-refractivity contribution >= 4 is 17.9 Å². The molecule has 0 fully saturated rings. The Labute approximate surface area is 109 Å². The lowest BCUT2D eigenvalue weighted by molar-refractivity contribution is -0.384. The van der Waals surface area contributed by atoms with Gasteiger partial charge in [-0.3, -0.25) is 10.1 Å². The van der Waals surface area contributed by atoms with E-state index in [0.29, 0.717) is 17.4 Å². The lowest BCUT2D eigenvalue weighted by Crippen LogP contribution is -2.06. The van der Waals surface area contributed by atoms with Gasteiger partial charge in [-0.05, 0) is 12.5 Å². The molecule has 6 heteroatoms. The van der Waals surface area contributed by atoms with Crippen LogP contribution in [0.25, 0.3) is 0 Å². The second kappa shape index (κ2) is 6.31. The predicted molar refractivity (Wildman–Crippen MR) is 66.7 cm³/mol. The van der Waals surface area contributed by atoms with Crippen molar-refractivity contribution in [1.29, 1.82) is 0 Å². The molecule has 0 atom stereocenters. The van der Waals surface area contributed by atoms with E-state index in [4.69, 9.17) is 0 Å². The number of carbonyl (C=O) groups excluding carboxylic acids is 2. The first-order valence-electron chi connectivity index (χ1n) is 5.31. The summed E-state index contributed by atoms with van der Waals surface area (Å²) in [6.45, 7) is 1.61. The molecule has 0 heterocycles. The van der Waals surface area contributed by atoms with Crippen molar-refractivity contribution < 1.29 is 19.2 Å². The van der Waals surface area contributed by atoms with Gasteiger partial charge in [-0.25, -0.2) is 4.79 Å². The molecule has 0 spiro atoms. The van der Waals surface area contributed by atoms with Gasteiger partial charge >= 0.3 is 5.97 Å². The van der Waals surface area contributed by atoms with Crippen molar-refractivity contribution in [3.63, 3.8) is 0 Å². The molecule has 0 aliphatic carbocycles. The summed E-state index contributed by atoms with van der Waals surface area (Å²) < 4.78 is 4.57. The van der Waals surface area contributed by atoms with E-state index in [-0.39, 0.29) is 17.7 Å². The summed E-state index contributed by atoms with van der Waals surface area (Å²) in [5.41, 5.74) is 0.654. The van der Waals surface area contributed by atoms with Crippen LogP contribution in [0.2, 0.25) is 0 Å². The van der Waals surface area contributed by atoms with E-state index in [9.17, 15) is 19.7 Å². The van der Waals surface area contributed by atoms with Gasteiger partial charge in [-0.1, -0.05) is 11.8 Å². The highest BCUT2D eigenvalue weighted by atomic mass is 16.6. The van der Waals surface area contributed by atoms with Gasteiger partial charge in [0.05, 0.1) is 24.0 Å². The van der Waals surface area contributed by atoms with Gasteiger partial charge in [0, 0.05) is 17.7 Å². The third kappa shape index (κ3) is 3.39. The van der Waals surface area contributed by atoms with Crippen LogP contribution in [0.1, 0.15) is 27.9 Å². The number of methoxy groups -OCH3 is 1. The number of non-ortho nitro benzene ring substituents is 1. The average molecular weight is 261 g/mol. The Kier molecular flexibility index (Phi) is 4.77. The first kappa shape index (κ1) is 14.4. The molecule has 0 saturated carbocycles. The summed E-state index contributed by atoms with van der Waals surface area (Å²) >= 11 is 0. The number of nitro groups is 1. The highest BCUT2D eigenvalue weighted by molar-refractivity contribution is 5.92. The van der Waals surface area contributed by atoms with Crippen LogP contribution in [0.5, 0.6) is 0 Å². The number of rotatable bonds is 3. The molecular weight excluding hydrogens is 250 g/mol. The Morgan fingerprint density at radius 1 is 1.53 bits per heavy atom. The molecule has 1 aromatic carbocycles. The lowest BCUT2D eigenvalue weighted by Gasteiger charge is -2.06. The molecule has 1 aromatic rings. The smallest absolute Gasteiger partial charge is 0.338 e. The van der Waals surface area contributed by atoms with Crippen LogP contribution in [-0.2, 0) is 9.53 Å². The Hall–Kier alpha value is -2.68. The van der Waals surface area contributed by atoms with Crippen LogP contribution in [0, 0.1) is 28.9 Å². The molecule has 0 amide bonds. The van der Waals surface area contributed by atoms with E-state index in [1.54, 1.807) is 6.92 Å². The zero-order chi connectivity index (χ0) is 14.4. The SMILES string of the molecule is COC(=O)c1cc([N+](=O)[O-])cc(C#CCC=O)c1C. The summed E-state index contributed by atoms with van der Waals surface area (Å²) in [7, 11) is 1.19. The average Bonchev–Trinajstić information content (AvgIpc) is 2.39. The maximum atomic E-state index is 11.5. The highest BCUT2D eigenvalue weighted by Crippen LogP contribution is 2.22. The van der Waals surface area contributed by atoms with E-state index in [1.807, 2.05) is 0 Å². The second-order valence-electron chi connectivity index (χ2n) is 3.59. The molecular formula is C13H11NO5. The Morgan fingerprint density at radius 2 is 2.21 bits per heavy atom. The van der Waals surface area contributed by atoms with Gasteiger partial charge in [0.15, 0.2) is 0 Å². The monoisotopic (exact) mass is 261 g/mol. The Bertz CT molecular complexity index is 595. The van der Waals surface area contributed by atoms with Crippen molar-refractivity contribution in [3.05, 3.63) is 38.9 Å². The van der Waals surface area contributed by atoms with Crippen LogP contribution >= 0.6 is 0 Å². The molecule has 0 saturated heterocycles. The first-order chi connectivity index (χ1) is 9.01. The van der Waals surface area contributed by atoms with Crippen molar-refractivity contribution in [2.24, 2.45) is 0 Å². The topological polar surface area (TPSA) is 86.5 Å². The van der Waals surface area contributed by atoms with Crippen LogP contribution < -0.4 is 0 Å². The molecule has 0 bridgehead atoms. The number of esters is 1. The molecule has 0 radical (unpaired) electrons. The van der Waals surface area contributed by atoms with Gasteiger partial charge in [0.1, 0.15) is 6.29 Å². The number of nitro benzene ring substituents is 1. The van der Waals surface area contributed by atoms with Gasteiger partial charge in [0.25, 0.3) is 5.69 Å². The fraction of sp³-hybridized carbons (Fsp3) is 0.231. The van der Waals surface area contributed by atoms with Gasteiger partial charge in [-0.2, -0.15) is 0 Å². The van der Waals surface area contributed by atoms with Crippen LogP contribution in [0.4, 0.5) is 5.69 Å². The zero-order valence-corrected chi connectivity index (χ0v) is 10.4. The van der Waals surface area contributed by atoms with Gasteiger partial charge in [-0.15, -0.1) is 0 Å². The van der Waals surface area contributed by atoms with Crippen molar-refractivity contribution in [2.75, 3.05) is 7.11 Å². The van der Waals surface area contributed by atoms with E-state index in [2.05, 4.69) is 16.6 Å². The van der Waals surface area contributed by atoms with E-state index >= 15 is 0 Å².